The largest absolute Gasteiger partial charge is 0.375 e. The highest BCUT2D eigenvalue weighted by Gasteiger charge is 2.30. The molecule has 14 heavy (non-hydrogen) atoms. The lowest BCUT2D eigenvalue weighted by molar-refractivity contribution is -0.129. The molecular weight excluding hydrogens is 180 g/mol. The van der Waals surface area contributed by atoms with Crippen molar-refractivity contribution >= 4 is 5.91 Å². The van der Waals surface area contributed by atoms with Gasteiger partial charge in [-0.15, -0.1) is 0 Å². The molecule has 0 aromatic carbocycles. The molecule has 2 aliphatic heterocycles. The number of amides is 1. The van der Waals surface area contributed by atoms with Crippen molar-refractivity contribution in [2.24, 2.45) is 5.92 Å². The summed E-state index contributed by atoms with van der Waals surface area (Å²) < 4.78 is 5.73. The monoisotopic (exact) mass is 198 g/mol. The Morgan fingerprint density at radius 2 is 2.43 bits per heavy atom. The van der Waals surface area contributed by atoms with E-state index in [0.717, 1.165) is 32.6 Å². The number of carbonyl (C=O) groups is 1. The highest BCUT2D eigenvalue weighted by atomic mass is 16.5. The Hall–Kier alpha value is -0.610. The number of piperidine rings is 1. The van der Waals surface area contributed by atoms with Gasteiger partial charge in [0.25, 0.3) is 0 Å². The molecule has 2 fully saturated rings. The predicted octanol–water partition coefficient (Wildman–Crippen LogP) is -0.157. The van der Waals surface area contributed by atoms with Crippen molar-refractivity contribution in [1.82, 2.24) is 10.2 Å². The Balaban J connectivity index is 2.00. The van der Waals surface area contributed by atoms with Gasteiger partial charge in [0, 0.05) is 32.5 Å². The van der Waals surface area contributed by atoms with Gasteiger partial charge >= 0.3 is 0 Å². The van der Waals surface area contributed by atoms with Crippen LogP contribution in [0.25, 0.3) is 0 Å². The lowest BCUT2D eigenvalue weighted by Gasteiger charge is -2.31. The lowest BCUT2D eigenvalue weighted by Crippen LogP contribution is -2.45. The molecule has 1 N–H and O–H groups in total. The van der Waals surface area contributed by atoms with Gasteiger partial charge in [0.05, 0.1) is 12.7 Å². The molecule has 4 nitrogen and oxygen atoms in total. The summed E-state index contributed by atoms with van der Waals surface area (Å²) in [6.07, 6.45) is 1.43. The highest BCUT2D eigenvalue weighted by molar-refractivity contribution is 5.73. The first-order valence-electron chi connectivity index (χ1n) is 5.35. The molecule has 2 atom stereocenters. The zero-order valence-electron chi connectivity index (χ0n) is 8.66. The number of rotatable bonds is 0. The maximum absolute atomic E-state index is 11.3. The van der Waals surface area contributed by atoms with E-state index in [9.17, 15) is 4.79 Å². The second-order valence-corrected chi connectivity index (χ2v) is 4.13. The molecule has 1 amide bonds. The van der Waals surface area contributed by atoms with E-state index in [1.807, 2.05) is 4.90 Å². The van der Waals surface area contributed by atoms with Gasteiger partial charge in [0.2, 0.25) is 5.91 Å². The smallest absolute Gasteiger partial charge is 0.219 e. The van der Waals surface area contributed by atoms with Crippen LogP contribution in [0.2, 0.25) is 0 Å². The zero-order chi connectivity index (χ0) is 9.97. The lowest BCUT2D eigenvalue weighted by atomic mass is 9.94. The number of carbonyl (C=O) groups excluding carboxylic acids is 1. The molecule has 0 bridgehead atoms. The molecule has 2 rings (SSSR count). The molecule has 2 saturated heterocycles. The quantitative estimate of drug-likeness (QED) is 0.588. The fraction of sp³-hybridized carbons (Fsp3) is 0.900. The standard InChI is InChI=1S/C10H18N2O2/c1-8(13)12-4-5-14-10-6-11-3-2-9(10)7-12/h9-11H,2-7H2,1H3/t9-,10-/m1/s1. The van der Waals surface area contributed by atoms with E-state index in [-0.39, 0.29) is 5.91 Å². The molecule has 0 aliphatic carbocycles. The summed E-state index contributed by atoms with van der Waals surface area (Å²) in [6.45, 7) is 5.94. The second-order valence-electron chi connectivity index (χ2n) is 4.13. The van der Waals surface area contributed by atoms with Crippen LogP contribution in [0.15, 0.2) is 0 Å². The molecule has 0 saturated carbocycles. The third kappa shape index (κ3) is 2.07. The molecule has 80 valence electrons. The van der Waals surface area contributed by atoms with Crippen LogP contribution in [0, 0.1) is 5.92 Å². The van der Waals surface area contributed by atoms with E-state index in [4.69, 9.17) is 4.74 Å². The molecule has 0 unspecified atom stereocenters. The van der Waals surface area contributed by atoms with Crippen molar-refractivity contribution in [3.63, 3.8) is 0 Å². The van der Waals surface area contributed by atoms with Crippen LogP contribution in [0.3, 0.4) is 0 Å². The Bertz CT molecular complexity index is 220. The Morgan fingerprint density at radius 1 is 1.57 bits per heavy atom. The van der Waals surface area contributed by atoms with Gasteiger partial charge in [0.15, 0.2) is 0 Å². The number of fused-ring (bicyclic) bond motifs is 1. The Kier molecular flexibility index (Phi) is 3.03. The van der Waals surface area contributed by atoms with Crippen LogP contribution in [-0.2, 0) is 9.53 Å². The SMILES string of the molecule is CC(=O)N1CCO[C@@H]2CNCC[C@@H]2C1. The number of nitrogens with one attached hydrogen (secondary N) is 1. The minimum absolute atomic E-state index is 0.174. The second kappa shape index (κ2) is 4.28. The first kappa shape index (κ1) is 9.93. The fourth-order valence-electron chi connectivity index (χ4n) is 2.26. The minimum Gasteiger partial charge on any atom is -0.375 e. The van der Waals surface area contributed by atoms with Crippen LogP contribution in [0.4, 0.5) is 0 Å². The van der Waals surface area contributed by atoms with Crippen molar-refractivity contribution in [3.8, 4) is 0 Å². The minimum atomic E-state index is 0.174. The molecule has 0 aromatic heterocycles. The topological polar surface area (TPSA) is 41.6 Å². The summed E-state index contributed by atoms with van der Waals surface area (Å²) >= 11 is 0. The maximum atomic E-state index is 11.3. The summed E-state index contributed by atoms with van der Waals surface area (Å²) in [4.78, 5) is 13.2. The van der Waals surface area contributed by atoms with Crippen LogP contribution in [0.1, 0.15) is 13.3 Å². The first-order valence-corrected chi connectivity index (χ1v) is 5.35. The third-order valence-corrected chi connectivity index (χ3v) is 3.16. The predicted molar refractivity (Wildman–Crippen MR) is 53.0 cm³/mol. The summed E-state index contributed by atoms with van der Waals surface area (Å²) in [7, 11) is 0. The van der Waals surface area contributed by atoms with Crippen molar-refractivity contribution in [3.05, 3.63) is 0 Å². The molecule has 0 spiro atoms. The van der Waals surface area contributed by atoms with E-state index in [2.05, 4.69) is 5.32 Å². The number of ether oxygens (including phenoxy) is 1. The Labute approximate surface area is 84.6 Å². The van der Waals surface area contributed by atoms with Crippen LogP contribution >= 0.6 is 0 Å². The number of hydrogen-bond donors (Lipinski definition) is 1. The highest BCUT2D eigenvalue weighted by Crippen LogP contribution is 2.20. The van der Waals surface area contributed by atoms with Gasteiger partial charge in [-0.3, -0.25) is 4.79 Å². The van der Waals surface area contributed by atoms with Gasteiger partial charge in [0.1, 0.15) is 0 Å². The summed E-state index contributed by atoms with van der Waals surface area (Å²) in [5.41, 5.74) is 0. The fourth-order valence-corrected chi connectivity index (χ4v) is 2.26. The summed E-state index contributed by atoms with van der Waals surface area (Å²) in [5.74, 6) is 0.704. The van der Waals surface area contributed by atoms with Gasteiger partial charge < -0.3 is 15.0 Å². The van der Waals surface area contributed by atoms with E-state index in [1.54, 1.807) is 6.92 Å². The van der Waals surface area contributed by atoms with E-state index in [1.165, 1.54) is 0 Å². The van der Waals surface area contributed by atoms with E-state index >= 15 is 0 Å². The zero-order valence-corrected chi connectivity index (χ0v) is 8.66. The Morgan fingerprint density at radius 3 is 3.21 bits per heavy atom. The van der Waals surface area contributed by atoms with Crippen molar-refractivity contribution in [1.29, 1.82) is 0 Å². The average Bonchev–Trinajstić information content (AvgIpc) is 2.39. The van der Waals surface area contributed by atoms with Crippen LogP contribution in [-0.4, -0.2) is 49.7 Å². The van der Waals surface area contributed by atoms with Crippen LogP contribution in [0.5, 0.6) is 0 Å². The van der Waals surface area contributed by atoms with Gasteiger partial charge in [-0.2, -0.15) is 0 Å². The maximum Gasteiger partial charge on any atom is 0.219 e. The van der Waals surface area contributed by atoms with Crippen LogP contribution < -0.4 is 5.32 Å². The molecular formula is C10H18N2O2. The molecule has 0 radical (unpaired) electrons. The molecule has 4 heteroatoms. The summed E-state index contributed by atoms with van der Waals surface area (Å²) in [6, 6.07) is 0. The van der Waals surface area contributed by atoms with Gasteiger partial charge in [-0.05, 0) is 13.0 Å². The molecule has 0 aromatic rings. The normalized spacial score (nSPS) is 33.4. The first-order chi connectivity index (χ1) is 6.77. The van der Waals surface area contributed by atoms with Crippen molar-refractivity contribution in [2.45, 2.75) is 19.4 Å². The van der Waals surface area contributed by atoms with Crippen molar-refractivity contribution < 1.29 is 9.53 Å². The third-order valence-electron chi connectivity index (χ3n) is 3.16. The number of hydrogen-bond acceptors (Lipinski definition) is 3. The van der Waals surface area contributed by atoms with Crippen molar-refractivity contribution in [2.75, 3.05) is 32.8 Å². The molecule has 2 heterocycles. The summed E-state index contributed by atoms with van der Waals surface area (Å²) in [5, 5.41) is 3.33. The number of nitrogens with zero attached hydrogens (tertiary/aromatic N) is 1. The van der Waals surface area contributed by atoms with Gasteiger partial charge in [-0.1, -0.05) is 0 Å². The van der Waals surface area contributed by atoms with Gasteiger partial charge in [-0.25, -0.2) is 0 Å². The van der Waals surface area contributed by atoms with E-state index in [0.29, 0.717) is 18.6 Å². The molecule has 2 aliphatic rings. The van der Waals surface area contributed by atoms with E-state index < -0.39 is 0 Å². The average molecular weight is 198 g/mol.